The molecule has 0 saturated carbocycles. The minimum Gasteiger partial charge on any atom is -0.483 e. The monoisotopic (exact) mass is 412 g/mol. The summed E-state index contributed by atoms with van der Waals surface area (Å²) < 4.78 is 7.22. The van der Waals surface area contributed by atoms with Crippen molar-refractivity contribution in [3.05, 3.63) is 50.9 Å². The summed E-state index contributed by atoms with van der Waals surface area (Å²) in [5.74, 6) is 0.451. The minimum absolute atomic E-state index is 0.0563. The fraction of sp³-hybridized carbons (Fsp3) is 0.133. The highest BCUT2D eigenvalue weighted by Gasteiger charge is 2.08. The molecule has 0 radical (unpaired) electrons. The van der Waals surface area contributed by atoms with Crippen molar-refractivity contribution in [1.29, 1.82) is 0 Å². The van der Waals surface area contributed by atoms with Crippen LogP contribution in [-0.2, 0) is 4.79 Å². The van der Waals surface area contributed by atoms with Crippen LogP contribution in [-0.4, -0.2) is 12.5 Å². The van der Waals surface area contributed by atoms with E-state index in [4.69, 9.17) is 10.5 Å². The molecule has 4 nitrogen and oxygen atoms in total. The molecule has 0 spiro atoms. The van der Waals surface area contributed by atoms with Crippen molar-refractivity contribution in [2.45, 2.75) is 6.92 Å². The number of carbonyl (C=O) groups is 1. The first-order valence-electron chi connectivity index (χ1n) is 6.19. The molecule has 2 aromatic rings. The smallest absolute Gasteiger partial charge is 0.262 e. The third kappa shape index (κ3) is 4.47. The van der Waals surface area contributed by atoms with Gasteiger partial charge in [0.25, 0.3) is 5.91 Å². The third-order valence-corrected chi connectivity index (χ3v) is 3.91. The maximum absolute atomic E-state index is 11.9. The maximum atomic E-state index is 11.9. The molecule has 0 saturated heterocycles. The SMILES string of the molecule is Cc1cc(Br)ccc1OCC(=O)Nc1ccc(N)cc1Br. The normalized spacial score (nSPS) is 10.2. The lowest BCUT2D eigenvalue weighted by molar-refractivity contribution is -0.118. The standard InChI is InChI=1S/C15H14Br2N2O2/c1-9-6-10(16)2-5-14(9)21-8-15(20)19-13-4-3-11(18)7-12(13)17/h2-7H,8,18H2,1H3,(H,19,20). The molecule has 0 atom stereocenters. The van der Waals surface area contributed by atoms with Crippen LogP contribution in [0.5, 0.6) is 5.75 Å². The molecule has 2 aromatic carbocycles. The van der Waals surface area contributed by atoms with E-state index in [0.29, 0.717) is 17.1 Å². The van der Waals surface area contributed by atoms with E-state index in [2.05, 4.69) is 37.2 Å². The number of halogens is 2. The van der Waals surface area contributed by atoms with Crippen LogP contribution in [0.4, 0.5) is 11.4 Å². The Bertz CT molecular complexity index is 675. The first kappa shape index (κ1) is 15.9. The summed E-state index contributed by atoms with van der Waals surface area (Å²) in [7, 11) is 0. The summed E-state index contributed by atoms with van der Waals surface area (Å²) in [4.78, 5) is 11.9. The molecule has 0 aliphatic rings. The Balaban J connectivity index is 1.96. The van der Waals surface area contributed by atoms with Crippen molar-refractivity contribution in [2.75, 3.05) is 17.7 Å². The van der Waals surface area contributed by atoms with Gasteiger partial charge in [0.1, 0.15) is 5.75 Å². The summed E-state index contributed by atoms with van der Waals surface area (Å²) in [6, 6.07) is 10.8. The van der Waals surface area contributed by atoms with E-state index in [9.17, 15) is 4.79 Å². The van der Waals surface area contributed by atoms with Crippen LogP contribution in [0.15, 0.2) is 45.3 Å². The predicted molar refractivity (Wildman–Crippen MR) is 91.6 cm³/mol. The Labute approximate surface area is 139 Å². The minimum atomic E-state index is -0.234. The van der Waals surface area contributed by atoms with Crippen LogP contribution in [0.25, 0.3) is 0 Å². The molecule has 0 aromatic heterocycles. The highest BCUT2D eigenvalue weighted by molar-refractivity contribution is 9.10. The van der Waals surface area contributed by atoms with Gasteiger partial charge in [-0.05, 0) is 64.8 Å². The number of ether oxygens (including phenoxy) is 1. The van der Waals surface area contributed by atoms with E-state index in [1.54, 1.807) is 18.2 Å². The second-order valence-electron chi connectivity index (χ2n) is 4.49. The zero-order chi connectivity index (χ0) is 15.4. The lowest BCUT2D eigenvalue weighted by Crippen LogP contribution is -2.20. The second kappa shape index (κ2) is 6.95. The first-order chi connectivity index (χ1) is 9.95. The van der Waals surface area contributed by atoms with E-state index in [1.165, 1.54) is 0 Å². The van der Waals surface area contributed by atoms with Crippen LogP contribution in [0.1, 0.15) is 5.56 Å². The Morgan fingerprint density at radius 2 is 2.00 bits per heavy atom. The molecule has 3 N–H and O–H groups in total. The van der Waals surface area contributed by atoms with Crippen molar-refractivity contribution in [1.82, 2.24) is 0 Å². The Morgan fingerprint density at radius 1 is 1.24 bits per heavy atom. The summed E-state index contributed by atoms with van der Waals surface area (Å²) >= 11 is 6.73. The zero-order valence-electron chi connectivity index (χ0n) is 11.3. The number of nitrogens with two attached hydrogens (primary N) is 1. The van der Waals surface area contributed by atoms with E-state index >= 15 is 0 Å². The van der Waals surface area contributed by atoms with Gasteiger partial charge in [0.05, 0.1) is 5.69 Å². The highest BCUT2D eigenvalue weighted by Crippen LogP contribution is 2.25. The summed E-state index contributed by atoms with van der Waals surface area (Å²) in [5, 5.41) is 2.76. The van der Waals surface area contributed by atoms with E-state index in [0.717, 1.165) is 14.5 Å². The fourth-order valence-electron chi connectivity index (χ4n) is 1.74. The molecule has 0 aliphatic heterocycles. The molecular formula is C15H14Br2N2O2. The van der Waals surface area contributed by atoms with Gasteiger partial charge in [0, 0.05) is 14.6 Å². The van der Waals surface area contributed by atoms with Gasteiger partial charge in [-0.3, -0.25) is 4.79 Å². The number of hydrogen-bond donors (Lipinski definition) is 2. The fourth-order valence-corrected chi connectivity index (χ4v) is 2.71. The zero-order valence-corrected chi connectivity index (χ0v) is 14.5. The predicted octanol–water partition coefficient (Wildman–Crippen LogP) is 4.12. The molecule has 2 rings (SSSR count). The Morgan fingerprint density at radius 3 is 2.67 bits per heavy atom. The van der Waals surface area contributed by atoms with Crippen LogP contribution in [0.3, 0.4) is 0 Å². The quantitative estimate of drug-likeness (QED) is 0.741. The molecular weight excluding hydrogens is 400 g/mol. The lowest BCUT2D eigenvalue weighted by Gasteiger charge is -2.11. The van der Waals surface area contributed by atoms with Gasteiger partial charge >= 0.3 is 0 Å². The molecule has 0 fully saturated rings. The number of amides is 1. The summed E-state index contributed by atoms with van der Waals surface area (Å²) in [5.41, 5.74) is 7.90. The van der Waals surface area contributed by atoms with Gasteiger partial charge in [0.2, 0.25) is 0 Å². The number of aryl methyl sites for hydroxylation is 1. The largest absolute Gasteiger partial charge is 0.483 e. The van der Waals surface area contributed by atoms with Gasteiger partial charge in [-0.25, -0.2) is 0 Å². The molecule has 0 unspecified atom stereocenters. The average Bonchev–Trinajstić information content (AvgIpc) is 2.41. The number of hydrogen-bond acceptors (Lipinski definition) is 3. The molecule has 6 heteroatoms. The topological polar surface area (TPSA) is 64.3 Å². The number of carbonyl (C=O) groups excluding carboxylic acids is 1. The molecule has 21 heavy (non-hydrogen) atoms. The van der Waals surface area contributed by atoms with Crippen molar-refractivity contribution in [2.24, 2.45) is 0 Å². The van der Waals surface area contributed by atoms with Gasteiger partial charge in [0.15, 0.2) is 6.61 Å². The molecule has 110 valence electrons. The van der Waals surface area contributed by atoms with Gasteiger partial charge in [-0.2, -0.15) is 0 Å². The number of rotatable bonds is 4. The second-order valence-corrected chi connectivity index (χ2v) is 6.26. The van der Waals surface area contributed by atoms with E-state index < -0.39 is 0 Å². The first-order valence-corrected chi connectivity index (χ1v) is 7.78. The van der Waals surface area contributed by atoms with Crippen molar-refractivity contribution in [3.63, 3.8) is 0 Å². The third-order valence-electron chi connectivity index (χ3n) is 2.76. The molecule has 0 bridgehead atoms. The van der Waals surface area contributed by atoms with Crippen LogP contribution in [0, 0.1) is 6.92 Å². The molecule has 0 heterocycles. The van der Waals surface area contributed by atoms with Gasteiger partial charge < -0.3 is 15.8 Å². The molecule has 1 amide bonds. The van der Waals surface area contributed by atoms with Gasteiger partial charge in [-0.1, -0.05) is 15.9 Å². The van der Waals surface area contributed by atoms with Gasteiger partial charge in [-0.15, -0.1) is 0 Å². The summed E-state index contributed by atoms with van der Waals surface area (Å²) in [6.07, 6.45) is 0. The number of nitrogen functional groups attached to an aromatic ring is 1. The summed E-state index contributed by atoms with van der Waals surface area (Å²) in [6.45, 7) is 1.87. The Hall–Kier alpha value is -1.53. The van der Waals surface area contributed by atoms with Crippen LogP contribution in [0.2, 0.25) is 0 Å². The van der Waals surface area contributed by atoms with E-state index in [1.807, 2.05) is 25.1 Å². The van der Waals surface area contributed by atoms with Crippen molar-refractivity contribution < 1.29 is 9.53 Å². The van der Waals surface area contributed by atoms with Crippen molar-refractivity contribution in [3.8, 4) is 5.75 Å². The average molecular weight is 414 g/mol. The molecule has 0 aliphatic carbocycles. The number of benzene rings is 2. The van der Waals surface area contributed by atoms with Crippen LogP contribution < -0.4 is 15.8 Å². The number of nitrogens with one attached hydrogen (secondary N) is 1. The highest BCUT2D eigenvalue weighted by atomic mass is 79.9. The number of anilines is 2. The maximum Gasteiger partial charge on any atom is 0.262 e. The van der Waals surface area contributed by atoms with E-state index in [-0.39, 0.29) is 12.5 Å². The lowest BCUT2D eigenvalue weighted by atomic mass is 10.2. The Kier molecular flexibility index (Phi) is 5.25. The van der Waals surface area contributed by atoms with Crippen LogP contribution >= 0.6 is 31.9 Å². The van der Waals surface area contributed by atoms with Crippen molar-refractivity contribution >= 4 is 49.1 Å².